The van der Waals surface area contributed by atoms with E-state index in [1.54, 1.807) is 4.57 Å². The number of fused-ring (bicyclic) bond motifs is 2. The minimum absolute atomic E-state index is 0.0718. The van der Waals surface area contributed by atoms with Crippen molar-refractivity contribution in [3.05, 3.63) is 22.6 Å². The van der Waals surface area contributed by atoms with Crippen LogP contribution in [-0.2, 0) is 6.54 Å². The molecule has 0 atom stereocenters. The van der Waals surface area contributed by atoms with Gasteiger partial charge in [-0.3, -0.25) is 9.67 Å². The van der Waals surface area contributed by atoms with Gasteiger partial charge in [0.2, 0.25) is 0 Å². The first-order valence-corrected chi connectivity index (χ1v) is 5.23. The molecule has 0 saturated heterocycles. The fraction of sp³-hybridized carbons (Fsp3) is 0.300. The Morgan fingerprint density at radius 1 is 1.38 bits per heavy atom. The molecule has 16 heavy (non-hydrogen) atoms. The highest BCUT2D eigenvalue weighted by Crippen LogP contribution is 2.17. The molecule has 0 aliphatic heterocycles. The zero-order chi connectivity index (χ0) is 11.1. The predicted molar refractivity (Wildman–Crippen MR) is 60.3 cm³/mol. The van der Waals surface area contributed by atoms with Crippen LogP contribution in [0.1, 0.15) is 13.3 Å². The van der Waals surface area contributed by atoms with E-state index in [2.05, 4.69) is 20.4 Å². The minimum Gasteiger partial charge on any atom is -0.305 e. The Labute approximate surface area is 90.3 Å². The Morgan fingerprint density at radius 3 is 3.06 bits per heavy atom. The van der Waals surface area contributed by atoms with E-state index in [9.17, 15) is 4.79 Å². The number of hydrogen-bond acceptors (Lipinski definition) is 3. The molecule has 3 aromatic rings. The Hall–Kier alpha value is -2.11. The zero-order valence-electron chi connectivity index (χ0n) is 8.82. The van der Waals surface area contributed by atoms with Crippen LogP contribution in [0.15, 0.2) is 16.9 Å². The number of aromatic nitrogens is 5. The van der Waals surface area contributed by atoms with Crippen LogP contribution in [0.25, 0.3) is 22.1 Å². The molecule has 1 aromatic carbocycles. The molecule has 82 valence electrons. The number of hydrogen-bond donors (Lipinski definition) is 2. The van der Waals surface area contributed by atoms with Gasteiger partial charge < -0.3 is 4.98 Å². The van der Waals surface area contributed by atoms with Crippen molar-refractivity contribution in [1.82, 2.24) is 25.0 Å². The quantitative estimate of drug-likeness (QED) is 0.672. The number of nitrogens with one attached hydrogen (secondary N) is 2. The number of H-pyrrole nitrogens is 2. The molecule has 2 aromatic heterocycles. The van der Waals surface area contributed by atoms with Gasteiger partial charge in [0.1, 0.15) is 5.52 Å². The van der Waals surface area contributed by atoms with Gasteiger partial charge in [0.15, 0.2) is 0 Å². The van der Waals surface area contributed by atoms with Gasteiger partial charge in [0, 0.05) is 6.54 Å². The van der Waals surface area contributed by atoms with Crippen LogP contribution in [0.5, 0.6) is 0 Å². The molecule has 0 fully saturated rings. The Morgan fingerprint density at radius 2 is 2.25 bits per heavy atom. The van der Waals surface area contributed by atoms with Gasteiger partial charge in [-0.05, 0) is 18.6 Å². The standard InChI is InChI=1S/C10H11N5O/c1-2-3-15-9-5-7-6(12-14-13-7)4-8(9)11-10(15)16/h4-5H,2-3H2,1H3,(H,11,16)(H,12,13,14). The van der Waals surface area contributed by atoms with Crippen molar-refractivity contribution in [2.45, 2.75) is 19.9 Å². The van der Waals surface area contributed by atoms with Gasteiger partial charge in [-0.2, -0.15) is 0 Å². The first-order chi connectivity index (χ1) is 7.79. The third-order valence-electron chi connectivity index (χ3n) is 2.67. The van der Waals surface area contributed by atoms with E-state index in [-0.39, 0.29) is 5.69 Å². The van der Waals surface area contributed by atoms with E-state index in [0.717, 1.165) is 28.5 Å². The lowest BCUT2D eigenvalue weighted by molar-refractivity contribution is 0.675. The van der Waals surface area contributed by atoms with Gasteiger partial charge in [-0.1, -0.05) is 12.1 Å². The summed E-state index contributed by atoms with van der Waals surface area (Å²) in [5.41, 5.74) is 3.23. The normalized spacial score (nSPS) is 11.6. The van der Waals surface area contributed by atoms with Gasteiger partial charge in [-0.25, -0.2) is 4.79 Å². The largest absolute Gasteiger partial charge is 0.326 e. The van der Waals surface area contributed by atoms with E-state index in [0.29, 0.717) is 6.54 Å². The number of rotatable bonds is 2. The summed E-state index contributed by atoms with van der Waals surface area (Å²) in [7, 11) is 0. The maximum Gasteiger partial charge on any atom is 0.326 e. The summed E-state index contributed by atoms with van der Waals surface area (Å²) >= 11 is 0. The van der Waals surface area contributed by atoms with E-state index >= 15 is 0 Å². The van der Waals surface area contributed by atoms with Crippen LogP contribution in [0.2, 0.25) is 0 Å². The fourth-order valence-corrected chi connectivity index (χ4v) is 1.94. The zero-order valence-corrected chi connectivity index (χ0v) is 8.82. The predicted octanol–water partition coefficient (Wildman–Crippen LogP) is 1.01. The molecule has 0 amide bonds. The first kappa shape index (κ1) is 9.14. The van der Waals surface area contributed by atoms with E-state index in [1.165, 1.54) is 0 Å². The smallest absolute Gasteiger partial charge is 0.305 e. The Kier molecular flexibility index (Phi) is 1.82. The minimum atomic E-state index is -0.0718. The number of aromatic amines is 2. The summed E-state index contributed by atoms with van der Waals surface area (Å²) in [6.07, 6.45) is 0.923. The van der Waals surface area contributed by atoms with Gasteiger partial charge >= 0.3 is 5.69 Å². The highest BCUT2D eigenvalue weighted by molar-refractivity contribution is 5.90. The van der Waals surface area contributed by atoms with Crippen molar-refractivity contribution in [3.8, 4) is 0 Å². The SMILES string of the molecule is CCCn1c(=O)[nH]c2cc3nn[nH]c3cc21. The van der Waals surface area contributed by atoms with Crippen molar-refractivity contribution in [1.29, 1.82) is 0 Å². The van der Waals surface area contributed by atoms with Crippen LogP contribution in [0, 0.1) is 0 Å². The van der Waals surface area contributed by atoms with Crippen molar-refractivity contribution in [2.24, 2.45) is 0 Å². The average Bonchev–Trinajstić information content (AvgIpc) is 2.81. The number of benzene rings is 1. The molecule has 0 spiro atoms. The van der Waals surface area contributed by atoms with Gasteiger partial charge in [-0.15, -0.1) is 5.10 Å². The number of nitrogens with zero attached hydrogens (tertiary/aromatic N) is 3. The molecule has 2 heterocycles. The van der Waals surface area contributed by atoms with Crippen LogP contribution >= 0.6 is 0 Å². The summed E-state index contributed by atoms with van der Waals surface area (Å²) in [6.45, 7) is 2.76. The molecule has 3 rings (SSSR count). The molecule has 0 bridgehead atoms. The molecule has 0 saturated carbocycles. The number of aryl methyl sites for hydroxylation is 1. The molecule has 6 heteroatoms. The third kappa shape index (κ3) is 1.16. The summed E-state index contributed by atoms with van der Waals surface area (Å²) in [4.78, 5) is 14.5. The second-order valence-corrected chi connectivity index (χ2v) is 3.78. The lowest BCUT2D eigenvalue weighted by Gasteiger charge is -1.99. The fourth-order valence-electron chi connectivity index (χ4n) is 1.94. The van der Waals surface area contributed by atoms with Crippen molar-refractivity contribution < 1.29 is 0 Å². The lowest BCUT2D eigenvalue weighted by Crippen LogP contribution is -2.16. The molecule has 0 aliphatic carbocycles. The van der Waals surface area contributed by atoms with Crippen LogP contribution in [0.4, 0.5) is 0 Å². The highest BCUT2D eigenvalue weighted by Gasteiger charge is 2.08. The van der Waals surface area contributed by atoms with Crippen LogP contribution < -0.4 is 5.69 Å². The average molecular weight is 217 g/mol. The maximum atomic E-state index is 11.7. The molecular formula is C10H11N5O. The van der Waals surface area contributed by atoms with E-state index in [4.69, 9.17) is 0 Å². The summed E-state index contributed by atoms with van der Waals surface area (Å²) in [6, 6.07) is 3.74. The van der Waals surface area contributed by atoms with E-state index < -0.39 is 0 Å². The molecule has 0 aliphatic rings. The van der Waals surface area contributed by atoms with Crippen molar-refractivity contribution in [2.75, 3.05) is 0 Å². The Bertz CT molecular complexity index is 705. The molecule has 2 N–H and O–H groups in total. The van der Waals surface area contributed by atoms with Crippen LogP contribution in [0.3, 0.4) is 0 Å². The highest BCUT2D eigenvalue weighted by atomic mass is 16.1. The van der Waals surface area contributed by atoms with Gasteiger partial charge in [0.25, 0.3) is 0 Å². The monoisotopic (exact) mass is 217 g/mol. The second kappa shape index (κ2) is 3.19. The second-order valence-electron chi connectivity index (χ2n) is 3.78. The van der Waals surface area contributed by atoms with Crippen molar-refractivity contribution in [3.63, 3.8) is 0 Å². The van der Waals surface area contributed by atoms with Crippen molar-refractivity contribution >= 4 is 22.1 Å². The molecule has 0 radical (unpaired) electrons. The lowest BCUT2D eigenvalue weighted by atomic mass is 10.2. The number of imidazole rings is 1. The first-order valence-electron chi connectivity index (χ1n) is 5.23. The molecule has 0 unspecified atom stereocenters. The van der Waals surface area contributed by atoms with Gasteiger partial charge in [0.05, 0.1) is 16.6 Å². The van der Waals surface area contributed by atoms with E-state index in [1.807, 2.05) is 19.1 Å². The topological polar surface area (TPSA) is 79.4 Å². The molecular weight excluding hydrogens is 206 g/mol. The Balaban J connectivity index is 2.40. The molecule has 6 nitrogen and oxygen atoms in total. The summed E-state index contributed by atoms with van der Waals surface area (Å²) in [5, 5.41) is 10.4. The summed E-state index contributed by atoms with van der Waals surface area (Å²) < 4.78 is 1.73. The van der Waals surface area contributed by atoms with Crippen LogP contribution in [-0.4, -0.2) is 25.0 Å². The summed E-state index contributed by atoms with van der Waals surface area (Å²) in [5.74, 6) is 0. The third-order valence-corrected chi connectivity index (χ3v) is 2.67. The maximum absolute atomic E-state index is 11.7.